The van der Waals surface area contributed by atoms with E-state index in [1.54, 1.807) is 6.20 Å². The molecule has 0 aliphatic carbocycles. The van der Waals surface area contributed by atoms with E-state index in [1.165, 1.54) is 0 Å². The maximum Gasteiger partial charge on any atom is 0.222 e. The van der Waals surface area contributed by atoms with E-state index in [2.05, 4.69) is 15.6 Å². The van der Waals surface area contributed by atoms with Crippen LogP contribution >= 0.6 is 11.6 Å². The Morgan fingerprint density at radius 2 is 2.21 bits per heavy atom. The third-order valence-corrected chi connectivity index (χ3v) is 4.01. The lowest BCUT2D eigenvalue weighted by Gasteiger charge is -2.25. The molecule has 7 heteroatoms. The molecule has 1 amide bonds. The maximum absolute atomic E-state index is 12.2. The van der Waals surface area contributed by atoms with E-state index in [0.29, 0.717) is 31.2 Å². The predicted octanol–water partition coefficient (Wildman–Crippen LogP) is 2.36. The summed E-state index contributed by atoms with van der Waals surface area (Å²) < 4.78 is 7.14. The normalized spacial score (nSPS) is 11.8. The van der Waals surface area contributed by atoms with Crippen molar-refractivity contribution in [3.05, 3.63) is 35.4 Å². The molecular formula is C17H25ClN4O2. The van der Waals surface area contributed by atoms with Gasteiger partial charge in [-0.25, -0.2) is 4.98 Å². The number of fused-ring (bicyclic) bond motifs is 1. The molecule has 0 atom stereocenters. The van der Waals surface area contributed by atoms with Crippen LogP contribution in [0.4, 0.5) is 0 Å². The Morgan fingerprint density at radius 1 is 1.42 bits per heavy atom. The second kappa shape index (κ2) is 8.46. The van der Waals surface area contributed by atoms with E-state index in [9.17, 15) is 4.79 Å². The zero-order valence-corrected chi connectivity index (χ0v) is 15.2. The van der Waals surface area contributed by atoms with Crippen LogP contribution in [0.2, 0.25) is 5.02 Å². The molecule has 132 valence electrons. The number of halogens is 1. The Kier molecular flexibility index (Phi) is 6.60. The zero-order chi connectivity index (χ0) is 17.6. The quantitative estimate of drug-likeness (QED) is 0.680. The molecule has 0 bridgehead atoms. The molecule has 2 aromatic heterocycles. The molecule has 0 aliphatic heterocycles. The first-order valence-corrected chi connectivity index (χ1v) is 8.55. The van der Waals surface area contributed by atoms with Gasteiger partial charge in [-0.05, 0) is 32.9 Å². The topological polar surface area (TPSA) is 67.7 Å². The second-order valence-corrected chi connectivity index (χ2v) is 6.47. The number of hydrogen-bond acceptors (Lipinski definition) is 4. The molecule has 0 radical (unpaired) electrons. The number of nitrogens with one attached hydrogen (secondary N) is 2. The number of rotatable bonds is 9. The first-order valence-electron chi connectivity index (χ1n) is 8.17. The van der Waals surface area contributed by atoms with Gasteiger partial charge in [-0.2, -0.15) is 0 Å². The summed E-state index contributed by atoms with van der Waals surface area (Å²) in [6.45, 7) is 8.55. The fourth-order valence-electron chi connectivity index (χ4n) is 2.53. The largest absolute Gasteiger partial charge is 0.380 e. The van der Waals surface area contributed by atoms with Crippen molar-refractivity contribution in [2.75, 3.05) is 26.3 Å². The van der Waals surface area contributed by atoms with Crippen molar-refractivity contribution in [3.8, 4) is 0 Å². The maximum atomic E-state index is 12.2. The van der Waals surface area contributed by atoms with Crippen LogP contribution in [0.3, 0.4) is 0 Å². The van der Waals surface area contributed by atoms with Crippen molar-refractivity contribution in [2.24, 2.45) is 0 Å². The third-order valence-electron chi connectivity index (χ3n) is 3.69. The number of amides is 1. The van der Waals surface area contributed by atoms with Crippen molar-refractivity contribution in [1.82, 2.24) is 20.0 Å². The van der Waals surface area contributed by atoms with Crippen LogP contribution in [-0.4, -0.2) is 41.6 Å². The molecule has 2 rings (SSSR count). The number of ether oxygens (including phenoxy) is 1. The van der Waals surface area contributed by atoms with Gasteiger partial charge in [-0.3, -0.25) is 4.79 Å². The van der Waals surface area contributed by atoms with Crippen LogP contribution in [0.1, 0.15) is 33.0 Å². The van der Waals surface area contributed by atoms with Gasteiger partial charge >= 0.3 is 0 Å². The van der Waals surface area contributed by atoms with Gasteiger partial charge in [-0.1, -0.05) is 11.6 Å². The van der Waals surface area contributed by atoms with Gasteiger partial charge in [0.1, 0.15) is 5.82 Å². The first kappa shape index (κ1) is 18.7. The highest BCUT2D eigenvalue weighted by atomic mass is 35.5. The predicted molar refractivity (Wildman–Crippen MR) is 95.4 cm³/mol. The van der Waals surface area contributed by atoms with E-state index in [0.717, 1.165) is 17.9 Å². The molecule has 2 N–H and O–H groups in total. The van der Waals surface area contributed by atoms with Gasteiger partial charge in [-0.15, -0.1) is 0 Å². The molecular weight excluding hydrogens is 328 g/mol. The van der Waals surface area contributed by atoms with Gasteiger partial charge in [0.05, 0.1) is 28.9 Å². The molecule has 6 nitrogen and oxygen atoms in total. The Hall–Kier alpha value is -1.63. The van der Waals surface area contributed by atoms with Crippen LogP contribution in [0, 0.1) is 0 Å². The molecule has 2 aromatic rings. The monoisotopic (exact) mass is 352 g/mol. The number of carbonyl (C=O) groups excluding carboxylic acids is 1. The summed E-state index contributed by atoms with van der Waals surface area (Å²) in [5.74, 6) is 0.723. The standard InChI is InChI=1S/C17H25ClN4O2/c1-4-24-11-9-19-8-7-15(23)21-17(2,3)16-20-12-14-13(18)6-5-10-22(14)16/h5-6,10,12,19H,4,7-9,11H2,1-3H3,(H,21,23). The number of hydrogen-bond donors (Lipinski definition) is 2. The van der Waals surface area contributed by atoms with E-state index in [4.69, 9.17) is 16.3 Å². The Morgan fingerprint density at radius 3 is 2.96 bits per heavy atom. The van der Waals surface area contributed by atoms with E-state index in [-0.39, 0.29) is 5.91 Å². The summed E-state index contributed by atoms with van der Waals surface area (Å²) in [4.78, 5) is 16.6. The minimum absolute atomic E-state index is 0.0253. The fourth-order valence-corrected chi connectivity index (χ4v) is 2.75. The highest BCUT2D eigenvalue weighted by Crippen LogP contribution is 2.24. The lowest BCUT2D eigenvalue weighted by Crippen LogP contribution is -2.43. The highest BCUT2D eigenvalue weighted by Gasteiger charge is 2.27. The van der Waals surface area contributed by atoms with Crippen LogP contribution < -0.4 is 10.6 Å². The fraction of sp³-hybridized carbons (Fsp3) is 0.529. The van der Waals surface area contributed by atoms with Crippen molar-refractivity contribution in [3.63, 3.8) is 0 Å². The molecule has 0 fully saturated rings. The number of pyridine rings is 1. The van der Waals surface area contributed by atoms with Gasteiger partial charge < -0.3 is 19.8 Å². The Labute approximate surface area is 147 Å². The lowest BCUT2D eigenvalue weighted by molar-refractivity contribution is -0.122. The molecule has 0 saturated heterocycles. The van der Waals surface area contributed by atoms with Crippen LogP contribution in [0.5, 0.6) is 0 Å². The summed E-state index contributed by atoms with van der Waals surface area (Å²) in [5, 5.41) is 6.86. The molecule has 0 aromatic carbocycles. The summed E-state index contributed by atoms with van der Waals surface area (Å²) in [7, 11) is 0. The van der Waals surface area contributed by atoms with Gasteiger partial charge in [0.25, 0.3) is 0 Å². The summed E-state index contributed by atoms with van der Waals surface area (Å²) >= 11 is 6.18. The average molecular weight is 353 g/mol. The van der Waals surface area contributed by atoms with Gasteiger partial charge in [0.15, 0.2) is 0 Å². The van der Waals surface area contributed by atoms with E-state index < -0.39 is 5.54 Å². The SMILES string of the molecule is CCOCCNCCC(=O)NC(C)(C)c1ncc2c(Cl)cccn12. The van der Waals surface area contributed by atoms with Crippen molar-refractivity contribution in [1.29, 1.82) is 0 Å². The summed E-state index contributed by atoms with van der Waals surface area (Å²) in [6.07, 6.45) is 4.02. The first-order chi connectivity index (χ1) is 11.5. The lowest BCUT2D eigenvalue weighted by atomic mass is 10.0. The molecule has 0 unspecified atom stereocenters. The molecule has 0 spiro atoms. The van der Waals surface area contributed by atoms with Crippen LogP contribution in [-0.2, 0) is 15.1 Å². The summed E-state index contributed by atoms with van der Waals surface area (Å²) in [6, 6.07) is 3.68. The van der Waals surface area contributed by atoms with Crippen molar-refractivity contribution < 1.29 is 9.53 Å². The van der Waals surface area contributed by atoms with Gasteiger partial charge in [0, 0.05) is 32.3 Å². The minimum Gasteiger partial charge on any atom is -0.380 e. The van der Waals surface area contributed by atoms with Crippen molar-refractivity contribution in [2.45, 2.75) is 32.7 Å². The van der Waals surface area contributed by atoms with Crippen LogP contribution in [0.15, 0.2) is 24.5 Å². The minimum atomic E-state index is -0.598. The highest BCUT2D eigenvalue weighted by molar-refractivity contribution is 6.33. The summed E-state index contributed by atoms with van der Waals surface area (Å²) in [5.41, 5.74) is 0.230. The number of carbonyl (C=O) groups is 1. The second-order valence-electron chi connectivity index (χ2n) is 6.06. The van der Waals surface area contributed by atoms with E-state index in [1.807, 2.05) is 43.5 Å². The Balaban J connectivity index is 1.92. The van der Waals surface area contributed by atoms with Crippen LogP contribution in [0.25, 0.3) is 5.52 Å². The third kappa shape index (κ3) is 4.69. The molecule has 0 saturated carbocycles. The number of nitrogens with zero attached hydrogens (tertiary/aromatic N) is 2. The smallest absolute Gasteiger partial charge is 0.222 e. The molecule has 2 heterocycles. The average Bonchev–Trinajstić information content (AvgIpc) is 2.96. The van der Waals surface area contributed by atoms with E-state index >= 15 is 0 Å². The van der Waals surface area contributed by atoms with Gasteiger partial charge in [0.2, 0.25) is 5.91 Å². The number of imidazole rings is 1. The number of aromatic nitrogens is 2. The van der Waals surface area contributed by atoms with Crippen molar-refractivity contribution >= 4 is 23.0 Å². The Bertz CT molecular complexity index is 684. The zero-order valence-electron chi connectivity index (χ0n) is 14.4. The molecule has 0 aliphatic rings. The molecule has 24 heavy (non-hydrogen) atoms.